The van der Waals surface area contributed by atoms with Crippen LogP contribution in [-0.4, -0.2) is 67.0 Å². The van der Waals surface area contributed by atoms with Gasteiger partial charge in [0.15, 0.2) is 12.6 Å². The Kier molecular flexibility index (Phi) is 14.2. The highest BCUT2D eigenvalue weighted by molar-refractivity contribution is 5.17. The maximum atomic E-state index is 11.4. The molecule has 0 amide bonds. The summed E-state index contributed by atoms with van der Waals surface area (Å²) in [5.41, 5.74) is 5.00. The maximum absolute atomic E-state index is 11.4. The van der Waals surface area contributed by atoms with Gasteiger partial charge in [0, 0.05) is 0 Å². The molecule has 9 nitrogen and oxygen atoms in total. The molecule has 0 saturated carbocycles. The summed E-state index contributed by atoms with van der Waals surface area (Å²) in [4.78, 5) is 0. The highest BCUT2D eigenvalue weighted by Gasteiger charge is 2.53. The highest BCUT2D eigenvalue weighted by Crippen LogP contribution is 2.35. The van der Waals surface area contributed by atoms with Crippen molar-refractivity contribution in [2.45, 2.75) is 95.3 Å². The fourth-order valence-electron chi connectivity index (χ4n) is 6.96. The first-order chi connectivity index (χ1) is 27.1. The van der Waals surface area contributed by atoms with Crippen molar-refractivity contribution in [3.05, 3.63) is 179 Å². The molecule has 2 heterocycles. The van der Waals surface area contributed by atoms with E-state index in [9.17, 15) is 5.11 Å². The predicted octanol–water partition coefficient (Wildman–Crippen LogP) is 7.39. The number of ether oxygens (including phenoxy) is 8. The lowest BCUT2D eigenvalue weighted by Crippen LogP contribution is -2.60. The minimum Gasteiger partial charge on any atom is -0.374 e. The smallest absolute Gasteiger partial charge is 0.187 e. The molecule has 288 valence electrons. The van der Waals surface area contributed by atoms with Crippen molar-refractivity contribution in [1.82, 2.24) is 0 Å². The average molecular weight is 747 g/mol. The topological polar surface area (TPSA) is 94.1 Å². The molecule has 2 aliphatic heterocycles. The van der Waals surface area contributed by atoms with E-state index in [1.807, 2.05) is 159 Å². The third kappa shape index (κ3) is 11.0. The number of benzene rings is 5. The van der Waals surface area contributed by atoms with Crippen LogP contribution in [0.3, 0.4) is 0 Å². The fourth-order valence-corrected chi connectivity index (χ4v) is 6.96. The van der Waals surface area contributed by atoms with Gasteiger partial charge in [-0.15, -0.1) is 0 Å². The molecule has 0 aromatic heterocycles. The number of hydrogen-bond donors (Lipinski definition) is 1. The second-order valence-corrected chi connectivity index (χ2v) is 13.9. The molecule has 2 fully saturated rings. The Morgan fingerprint density at radius 1 is 0.436 bits per heavy atom. The van der Waals surface area contributed by atoms with Crippen molar-refractivity contribution in [2.24, 2.45) is 0 Å². The second kappa shape index (κ2) is 20.1. The second-order valence-electron chi connectivity index (χ2n) is 13.9. The number of aliphatic hydroxyl groups excluding tert-OH is 1. The zero-order valence-electron chi connectivity index (χ0n) is 31.1. The van der Waals surface area contributed by atoms with Crippen LogP contribution in [0, 0.1) is 0 Å². The zero-order chi connectivity index (χ0) is 37.7. The normalized spacial score (nSPS) is 26.5. The van der Waals surface area contributed by atoms with Crippen LogP contribution in [0.15, 0.2) is 152 Å². The van der Waals surface area contributed by atoms with E-state index in [0.717, 1.165) is 27.8 Å². The van der Waals surface area contributed by atoms with E-state index in [-0.39, 0.29) is 13.2 Å². The van der Waals surface area contributed by atoms with Crippen LogP contribution < -0.4 is 0 Å². The summed E-state index contributed by atoms with van der Waals surface area (Å²) in [5.74, 6) is 0. The summed E-state index contributed by atoms with van der Waals surface area (Å²) in [6.45, 7) is 3.67. The molecule has 5 aromatic rings. The third-order valence-electron chi connectivity index (χ3n) is 9.84. The summed E-state index contributed by atoms with van der Waals surface area (Å²) in [6, 6.07) is 49.7. The molecule has 9 atom stereocenters. The Balaban J connectivity index is 1.18. The third-order valence-corrected chi connectivity index (χ3v) is 9.84. The van der Waals surface area contributed by atoms with E-state index in [0.29, 0.717) is 26.4 Å². The van der Waals surface area contributed by atoms with Gasteiger partial charge in [-0.1, -0.05) is 152 Å². The van der Waals surface area contributed by atoms with Gasteiger partial charge < -0.3 is 43.0 Å². The van der Waals surface area contributed by atoms with Gasteiger partial charge in [-0.2, -0.15) is 0 Å². The molecule has 0 bridgehead atoms. The van der Waals surface area contributed by atoms with E-state index in [1.54, 1.807) is 0 Å². The molecular formula is C46H50O9. The summed E-state index contributed by atoms with van der Waals surface area (Å²) >= 11 is 0. The van der Waals surface area contributed by atoms with Gasteiger partial charge in [0.2, 0.25) is 0 Å². The van der Waals surface area contributed by atoms with E-state index >= 15 is 0 Å². The molecule has 1 unspecified atom stereocenters. The predicted molar refractivity (Wildman–Crippen MR) is 206 cm³/mol. The van der Waals surface area contributed by atoms with Crippen molar-refractivity contribution >= 4 is 0 Å². The van der Waals surface area contributed by atoms with E-state index in [1.165, 1.54) is 0 Å². The van der Waals surface area contributed by atoms with Crippen LogP contribution >= 0.6 is 0 Å². The Morgan fingerprint density at radius 2 is 0.818 bits per heavy atom. The first kappa shape index (κ1) is 39.0. The zero-order valence-corrected chi connectivity index (χ0v) is 31.1. The van der Waals surface area contributed by atoms with Gasteiger partial charge in [0.25, 0.3) is 0 Å². The van der Waals surface area contributed by atoms with Gasteiger partial charge in [0.05, 0.1) is 45.7 Å². The van der Waals surface area contributed by atoms with Gasteiger partial charge in [-0.05, 0) is 34.7 Å². The van der Waals surface area contributed by atoms with Crippen molar-refractivity contribution in [1.29, 1.82) is 0 Å². The average Bonchev–Trinajstić information content (AvgIpc) is 3.55. The summed E-state index contributed by atoms with van der Waals surface area (Å²) < 4.78 is 52.5. The monoisotopic (exact) mass is 746 g/mol. The minimum absolute atomic E-state index is 0.226. The lowest BCUT2D eigenvalue weighted by molar-refractivity contribution is -0.333. The fraction of sp³-hybridized carbons (Fsp3) is 0.348. The largest absolute Gasteiger partial charge is 0.374 e. The Bertz CT molecular complexity index is 1740. The lowest BCUT2D eigenvalue weighted by Gasteiger charge is -2.44. The number of rotatable bonds is 18. The molecule has 2 aliphatic rings. The van der Waals surface area contributed by atoms with Gasteiger partial charge in [-0.25, -0.2) is 0 Å². The standard InChI is InChI=1S/C46H50O9/c1-33-40(49-28-35-19-9-3-10-20-35)42(43(45(47)53-33)51-30-37-23-13-5-14-24-37)55-46-44(52-31-38-25-15-6-16-26-38)41(50-29-36-21-11-4-12-22-36)39(54-46)32-48-27-34-17-7-2-8-18-34/h2-26,33,39-47H,27-32H2,1H3/t33-,39+,40-,41+,42+,43+,44+,45?,46-/m0/s1. The Morgan fingerprint density at radius 3 is 1.27 bits per heavy atom. The maximum Gasteiger partial charge on any atom is 0.187 e. The molecule has 0 aliphatic carbocycles. The van der Waals surface area contributed by atoms with Crippen LogP contribution in [-0.2, 0) is 70.9 Å². The molecule has 5 aromatic carbocycles. The molecule has 0 spiro atoms. The van der Waals surface area contributed by atoms with E-state index in [2.05, 4.69) is 0 Å². The summed E-state index contributed by atoms with van der Waals surface area (Å²) in [6.07, 6.45) is -6.96. The van der Waals surface area contributed by atoms with E-state index < -0.39 is 55.3 Å². The molecule has 1 N–H and O–H groups in total. The Labute approximate surface area is 323 Å². The number of hydrogen-bond acceptors (Lipinski definition) is 9. The van der Waals surface area contributed by atoms with Gasteiger partial charge >= 0.3 is 0 Å². The van der Waals surface area contributed by atoms with Crippen LogP contribution in [0.5, 0.6) is 0 Å². The molecule has 55 heavy (non-hydrogen) atoms. The lowest BCUT2D eigenvalue weighted by atomic mass is 9.98. The first-order valence-electron chi connectivity index (χ1n) is 19.0. The van der Waals surface area contributed by atoms with Crippen LogP contribution in [0.2, 0.25) is 0 Å². The molecular weight excluding hydrogens is 696 g/mol. The van der Waals surface area contributed by atoms with Crippen LogP contribution in [0.1, 0.15) is 34.7 Å². The minimum atomic E-state index is -1.29. The van der Waals surface area contributed by atoms with Gasteiger partial charge in [0.1, 0.15) is 36.6 Å². The first-order valence-corrected chi connectivity index (χ1v) is 19.0. The molecule has 7 rings (SSSR count). The number of aliphatic hydroxyl groups is 1. The van der Waals surface area contributed by atoms with Crippen molar-refractivity contribution in [2.75, 3.05) is 6.61 Å². The molecule has 0 radical (unpaired) electrons. The molecule has 2 saturated heterocycles. The van der Waals surface area contributed by atoms with Crippen LogP contribution in [0.25, 0.3) is 0 Å². The van der Waals surface area contributed by atoms with Crippen LogP contribution in [0.4, 0.5) is 0 Å². The SMILES string of the molecule is C[C@@H]1OC(O)[C@H](OCc2ccccc2)[C@H](O[C@@H]2O[C@H](COCc3ccccc3)[C@@H](OCc3ccccc3)[C@H]2OCc2ccccc2)[C@H]1OCc1ccccc1. The van der Waals surface area contributed by atoms with E-state index in [4.69, 9.17) is 37.9 Å². The summed E-state index contributed by atoms with van der Waals surface area (Å²) in [7, 11) is 0. The Hall–Kier alpha value is -4.26. The quantitative estimate of drug-likeness (QED) is 0.0986. The van der Waals surface area contributed by atoms with Crippen molar-refractivity contribution < 1.29 is 43.0 Å². The molecule has 9 heteroatoms. The van der Waals surface area contributed by atoms with Crippen molar-refractivity contribution in [3.63, 3.8) is 0 Å². The summed E-state index contributed by atoms with van der Waals surface area (Å²) in [5, 5.41) is 11.4. The van der Waals surface area contributed by atoms with Crippen molar-refractivity contribution in [3.8, 4) is 0 Å². The van der Waals surface area contributed by atoms with Gasteiger partial charge in [-0.3, -0.25) is 0 Å². The highest BCUT2D eigenvalue weighted by atomic mass is 16.8.